The average molecular weight is 372 g/mol. The quantitative estimate of drug-likeness (QED) is 0.653. The molecule has 2 aromatic rings. The summed E-state index contributed by atoms with van der Waals surface area (Å²) in [5.41, 5.74) is 0.134. The van der Waals surface area contributed by atoms with E-state index in [1.807, 2.05) is 12.1 Å². The van der Waals surface area contributed by atoms with Crippen LogP contribution in [0.1, 0.15) is 28.2 Å². The van der Waals surface area contributed by atoms with Crippen molar-refractivity contribution in [1.29, 1.82) is 10.5 Å². The minimum atomic E-state index is -0.703. The lowest BCUT2D eigenvalue weighted by atomic mass is 10.3. The minimum absolute atomic E-state index is 0.134. The number of ether oxygens (including phenoxy) is 1. The van der Waals surface area contributed by atoms with E-state index < -0.39 is 18.5 Å². The number of hydrogen-bond acceptors (Lipinski definition) is 8. The number of aromatic nitrogens is 1. The summed E-state index contributed by atoms with van der Waals surface area (Å²) in [6.07, 6.45) is 1.80. The number of carbonyl (C=O) groups is 2. The summed E-state index contributed by atoms with van der Waals surface area (Å²) in [5, 5.41) is 17.8. The number of thiazole rings is 1. The van der Waals surface area contributed by atoms with Crippen molar-refractivity contribution >= 4 is 23.2 Å². The van der Waals surface area contributed by atoms with E-state index in [4.69, 9.17) is 19.7 Å². The predicted molar refractivity (Wildman–Crippen MR) is 91.9 cm³/mol. The molecular weight excluding hydrogens is 356 g/mol. The Hall–Kier alpha value is -3.17. The zero-order valence-electron chi connectivity index (χ0n) is 14.1. The Morgan fingerprint density at radius 3 is 2.58 bits per heavy atom. The molecule has 26 heavy (non-hydrogen) atoms. The molecule has 0 atom stereocenters. The molecule has 0 spiro atoms. The Labute approximate surface area is 154 Å². The van der Waals surface area contributed by atoms with Gasteiger partial charge >= 0.3 is 5.97 Å². The van der Waals surface area contributed by atoms with E-state index in [9.17, 15) is 9.59 Å². The summed E-state index contributed by atoms with van der Waals surface area (Å²) in [5.74, 6) is -0.610. The smallest absolute Gasteiger partial charge is 0.358 e. The molecule has 1 amide bonds. The molecule has 0 aliphatic rings. The van der Waals surface area contributed by atoms with Gasteiger partial charge in [-0.05, 0) is 19.1 Å². The summed E-state index contributed by atoms with van der Waals surface area (Å²) in [6, 6.07) is 7.34. The van der Waals surface area contributed by atoms with E-state index in [1.165, 1.54) is 22.5 Å². The minimum Gasteiger partial charge on any atom is -0.462 e. The van der Waals surface area contributed by atoms with Crippen LogP contribution in [0.4, 0.5) is 0 Å². The Kier molecular flexibility index (Phi) is 6.89. The Morgan fingerprint density at radius 1 is 1.31 bits per heavy atom. The van der Waals surface area contributed by atoms with Crippen LogP contribution >= 0.6 is 11.3 Å². The Balaban J connectivity index is 1.98. The molecule has 0 aliphatic carbocycles. The molecule has 9 heteroatoms. The van der Waals surface area contributed by atoms with Crippen molar-refractivity contribution in [2.45, 2.75) is 19.8 Å². The maximum Gasteiger partial charge on any atom is 0.358 e. The van der Waals surface area contributed by atoms with Gasteiger partial charge in [-0.3, -0.25) is 4.79 Å². The van der Waals surface area contributed by atoms with Crippen molar-refractivity contribution < 1.29 is 18.7 Å². The molecule has 2 heterocycles. The van der Waals surface area contributed by atoms with Crippen LogP contribution in [-0.4, -0.2) is 41.5 Å². The lowest BCUT2D eigenvalue weighted by molar-refractivity contribution is -0.134. The van der Waals surface area contributed by atoms with E-state index in [0.717, 1.165) is 0 Å². The highest BCUT2D eigenvalue weighted by atomic mass is 32.1. The second-order valence-corrected chi connectivity index (χ2v) is 6.38. The summed E-state index contributed by atoms with van der Waals surface area (Å²) in [6.45, 7) is 1.64. The summed E-state index contributed by atoms with van der Waals surface area (Å²) < 4.78 is 10.3. The molecule has 0 bridgehead atoms. The molecule has 0 saturated heterocycles. The monoisotopic (exact) mass is 372 g/mol. The van der Waals surface area contributed by atoms with Crippen molar-refractivity contribution in [3.63, 3.8) is 0 Å². The maximum absolute atomic E-state index is 12.2. The fraction of sp³-hybridized carbons (Fsp3) is 0.353. The van der Waals surface area contributed by atoms with Crippen LogP contribution in [0.3, 0.4) is 0 Å². The lowest BCUT2D eigenvalue weighted by Crippen LogP contribution is -2.36. The van der Waals surface area contributed by atoms with Gasteiger partial charge in [0.1, 0.15) is 0 Å². The summed E-state index contributed by atoms with van der Waals surface area (Å²) >= 11 is 1.29. The Morgan fingerprint density at radius 2 is 2.00 bits per heavy atom. The van der Waals surface area contributed by atoms with Crippen molar-refractivity contribution in [3.05, 3.63) is 29.0 Å². The number of amides is 1. The van der Waals surface area contributed by atoms with Gasteiger partial charge in [-0.15, -0.1) is 11.3 Å². The standard InChI is InChI=1S/C17H16N4O4S/c1-12-15(20-16(26-12)13-5-2-10-24-13)17(23)25-11-14(22)21(8-3-6-18)9-4-7-19/h2,5,10H,3-4,8-9,11H2,1H3. The number of carbonyl (C=O) groups excluding carboxylic acids is 2. The molecule has 0 fully saturated rings. The van der Waals surface area contributed by atoms with Crippen LogP contribution in [-0.2, 0) is 9.53 Å². The van der Waals surface area contributed by atoms with Crippen molar-refractivity contribution in [1.82, 2.24) is 9.88 Å². The normalized spacial score (nSPS) is 9.96. The second-order valence-electron chi connectivity index (χ2n) is 5.17. The van der Waals surface area contributed by atoms with Gasteiger partial charge < -0.3 is 14.1 Å². The van der Waals surface area contributed by atoms with E-state index >= 15 is 0 Å². The number of nitrogens with zero attached hydrogens (tertiary/aromatic N) is 4. The Bertz CT molecular complexity index is 827. The van der Waals surface area contributed by atoms with Gasteiger partial charge in [-0.1, -0.05) is 0 Å². The third-order valence-electron chi connectivity index (χ3n) is 3.39. The van der Waals surface area contributed by atoms with Crippen LogP contribution < -0.4 is 0 Å². The average Bonchev–Trinajstić information content (AvgIpc) is 3.29. The third kappa shape index (κ3) is 4.91. The zero-order chi connectivity index (χ0) is 18.9. The van der Waals surface area contributed by atoms with Gasteiger partial charge in [0.25, 0.3) is 5.91 Å². The molecule has 0 unspecified atom stereocenters. The van der Waals surface area contributed by atoms with Crippen LogP contribution in [0.25, 0.3) is 10.8 Å². The first-order valence-corrected chi connectivity index (χ1v) is 8.58. The third-order valence-corrected chi connectivity index (χ3v) is 4.37. The maximum atomic E-state index is 12.2. The fourth-order valence-corrected chi connectivity index (χ4v) is 2.98. The number of hydrogen-bond donors (Lipinski definition) is 0. The first kappa shape index (κ1) is 19.2. The van der Waals surface area contributed by atoms with Crippen LogP contribution in [0.15, 0.2) is 22.8 Å². The van der Waals surface area contributed by atoms with Gasteiger partial charge in [-0.2, -0.15) is 10.5 Å². The van der Waals surface area contributed by atoms with Crippen molar-refractivity contribution in [2.24, 2.45) is 0 Å². The lowest BCUT2D eigenvalue weighted by Gasteiger charge is -2.19. The second kappa shape index (κ2) is 9.35. The molecule has 0 N–H and O–H groups in total. The molecule has 2 aromatic heterocycles. The van der Waals surface area contributed by atoms with E-state index in [1.54, 1.807) is 19.1 Å². The van der Waals surface area contributed by atoms with Gasteiger partial charge in [0.2, 0.25) is 0 Å². The largest absolute Gasteiger partial charge is 0.462 e. The molecule has 0 aliphatic heterocycles. The molecule has 0 radical (unpaired) electrons. The van der Waals surface area contributed by atoms with Crippen LogP contribution in [0.5, 0.6) is 0 Å². The molecule has 0 aromatic carbocycles. The SMILES string of the molecule is Cc1sc(-c2ccco2)nc1C(=O)OCC(=O)N(CCC#N)CCC#N. The van der Waals surface area contributed by atoms with Gasteiger partial charge in [-0.25, -0.2) is 9.78 Å². The number of furan rings is 1. The van der Waals surface area contributed by atoms with Crippen molar-refractivity contribution in [3.8, 4) is 22.9 Å². The van der Waals surface area contributed by atoms with E-state index in [0.29, 0.717) is 15.6 Å². The molecular formula is C17H16N4O4S. The van der Waals surface area contributed by atoms with Gasteiger partial charge in [0.05, 0.1) is 31.2 Å². The first-order valence-electron chi connectivity index (χ1n) is 7.77. The summed E-state index contributed by atoms with van der Waals surface area (Å²) in [7, 11) is 0. The molecule has 2 rings (SSSR count). The van der Waals surface area contributed by atoms with Crippen molar-refractivity contribution in [2.75, 3.05) is 19.7 Å². The number of nitriles is 2. The van der Waals surface area contributed by atoms with Crippen LogP contribution in [0, 0.1) is 29.6 Å². The van der Waals surface area contributed by atoms with Gasteiger partial charge in [0.15, 0.2) is 23.1 Å². The van der Waals surface area contributed by atoms with Gasteiger partial charge in [0, 0.05) is 18.0 Å². The molecule has 8 nitrogen and oxygen atoms in total. The molecule has 134 valence electrons. The summed E-state index contributed by atoms with van der Waals surface area (Å²) in [4.78, 5) is 30.6. The highest BCUT2D eigenvalue weighted by molar-refractivity contribution is 7.15. The highest BCUT2D eigenvalue weighted by Gasteiger charge is 2.21. The molecule has 0 saturated carbocycles. The number of rotatable bonds is 8. The van der Waals surface area contributed by atoms with E-state index in [-0.39, 0.29) is 31.6 Å². The topological polar surface area (TPSA) is 120 Å². The number of esters is 1. The van der Waals surface area contributed by atoms with E-state index in [2.05, 4.69) is 4.98 Å². The highest BCUT2D eigenvalue weighted by Crippen LogP contribution is 2.28. The van der Waals surface area contributed by atoms with Crippen LogP contribution in [0.2, 0.25) is 0 Å². The first-order chi connectivity index (χ1) is 12.6. The zero-order valence-corrected chi connectivity index (χ0v) is 14.9. The predicted octanol–water partition coefficient (Wildman–Crippen LogP) is 2.52. The number of aryl methyl sites for hydroxylation is 1. The fourth-order valence-electron chi connectivity index (χ4n) is 2.11.